The largest absolute Gasteiger partial charge is 0.480 e. The molecule has 0 saturated carbocycles. The Kier molecular flexibility index (Phi) is 3.27. The third-order valence-electron chi connectivity index (χ3n) is 2.06. The number of rotatable bonds is 2. The van der Waals surface area contributed by atoms with Crippen LogP contribution >= 0.6 is 23.2 Å². The van der Waals surface area contributed by atoms with E-state index in [0.29, 0.717) is 11.4 Å². The number of nitrogens with zero attached hydrogens (tertiary/aromatic N) is 2. The van der Waals surface area contributed by atoms with Gasteiger partial charge in [-0.3, -0.25) is 0 Å². The summed E-state index contributed by atoms with van der Waals surface area (Å²) in [6.45, 7) is 0. The summed E-state index contributed by atoms with van der Waals surface area (Å²) in [5, 5.41) is 0.351. The molecule has 2 aromatic rings. The lowest BCUT2D eigenvalue weighted by Gasteiger charge is -2.08. The summed E-state index contributed by atoms with van der Waals surface area (Å²) in [7, 11) is 1.52. The van der Waals surface area contributed by atoms with E-state index in [2.05, 4.69) is 9.97 Å². The number of methoxy groups -OCH3 is 1. The highest BCUT2D eigenvalue weighted by Crippen LogP contribution is 2.34. The number of benzene rings is 1. The van der Waals surface area contributed by atoms with E-state index in [0.717, 1.165) is 5.56 Å². The highest BCUT2D eigenvalue weighted by molar-refractivity contribution is 6.34. The SMILES string of the molecule is COc1nc(Cl)nc(Cl)c1-c1ccccc1. The molecule has 0 bridgehead atoms. The average molecular weight is 255 g/mol. The van der Waals surface area contributed by atoms with E-state index in [4.69, 9.17) is 27.9 Å². The topological polar surface area (TPSA) is 35.0 Å². The first-order valence-electron chi connectivity index (χ1n) is 4.55. The first kappa shape index (κ1) is 11.2. The molecule has 0 atom stereocenters. The van der Waals surface area contributed by atoms with Gasteiger partial charge in [0.15, 0.2) is 0 Å². The van der Waals surface area contributed by atoms with Crippen LogP contribution in [0.4, 0.5) is 0 Å². The normalized spacial score (nSPS) is 10.2. The fourth-order valence-corrected chi connectivity index (χ4v) is 1.86. The van der Waals surface area contributed by atoms with Gasteiger partial charge in [0.2, 0.25) is 11.2 Å². The molecule has 0 spiro atoms. The van der Waals surface area contributed by atoms with Crippen molar-refractivity contribution in [2.45, 2.75) is 0 Å². The minimum absolute atomic E-state index is 0.0709. The molecule has 0 aliphatic heterocycles. The number of ether oxygens (including phenoxy) is 1. The van der Waals surface area contributed by atoms with Gasteiger partial charge in [-0.15, -0.1) is 0 Å². The zero-order chi connectivity index (χ0) is 11.5. The van der Waals surface area contributed by atoms with Gasteiger partial charge in [0, 0.05) is 0 Å². The lowest BCUT2D eigenvalue weighted by molar-refractivity contribution is 0.399. The Morgan fingerprint density at radius 2 is 1.75 bits per heavy atom. The zero-order valence-electron chi connectivity index (χ0n) is 8.45. The van der Waals surface area contributed by atoms with Crippen molar-refractivity contribution >= 4 is 23.2 Å². The molecule has 0 radical (unpaired) electrons. The van der Waals surface area contributed by atoms with Crippen LogP contribution in [-0.2, 0) is 0 Å². The summed E-state index contributed by atoms with van der Waals surface area (Å²) in [6.07, 6.45) is 0. The van der Waals surface area contributed by atoms with E-state index in [1.807, 2.05) is 30.3 Å². The van der Waals surface area contributed by atoms with Crippen molar-refractivity contribution in [3.63, 3.8) is 0 Å². The molecule has 0 aliphatic carbocycles. The van der Waals surface area contributed by atoms with Gasteiger partial charge in [-0.05, 0) is 17.2 Å². The van der Waals surface area contributed by atoms with E-state index in [9.17, 15) is 0 Å². The smallest absolute Gasteiger partial charge is 0.227 e. The molecule has 82 valence electrons. The molecule has 16 heavy (non-hydrogen) atoms. The fourth-order valence-electron chi connectivity index (χ4n) is 1.38. The Labute approximate surface area is 103 Å². The Bertz CT molecular complexity index is 503. The van der Waals surface area contributed by atoms with Crippen LogP contribution in [0.2, 0.25) is 10.4 Å². The molecule has 5 heteroatoms. The minimum atomic E-state index is 0.0709. The Balaban J connectivity index is 2.64. The van der Waals surface area contributed by atoms with Crippen LogP contribution in [0.1, 0.15) is 0 Å². The molecule has 2 rings (SSSR count). The average Bonchev–Trinajstić information content (AvgIpc) is 2.29. The van der Waals surface area contributed by atoms with Crippen LogP contribution in [-0.4, -0.2) is 17.1 Å². The molecular weight excluding hydrogens is 247 g/mol. The van der Waals surface area contributed by atoms with Crippen LogP contribution in [0.3, 0.4) is 0 Å². The summed E-state index contributed by atoms with van der Waals surface area (Å²) < 4.78 is 5.14. The van der Waals surface area contributed by atoms with Crippen LogP contribution in [0, 0.1) is 0 Å². The fraction of sp³-hybridized carbons (Fsp3) is 0.0909. The summed E-state index contributed by atoms with van der Waals surface area (Å²) in [6, 6.07) is 9.53. The van der Waals surface area contributed by atoms with Crippen LogP contribution in [0.5, 0.6) is 5.88 Å². The lowest BCUT2D eigenvalue weighted by Crippen LogP contribution is -1.95. The second-order valence-corrected chi connectivity index (χ2v) is 3.73. The van der Waals surface area contributed by atoms with E-state index < -0.39 is 0 Å². The Morgan fingerprint density at radius 1 is 1.06 bits per heavy atom. The van der Waals surface area contributed by atoms with Crippen molar-refractivity contribution in [2.24, 2.45) is 0 Å². The number of hydrogen-bond acceptors (Lipinski definition) is 3. The van der Waals surface area contributed by atoms with Crippen molar-refractivity contribution in [1.82, 2.24) is 9.97 Å². The molecule has 1 aromatic heterocycles. The predicted molar refractivity (Wildman–Crippen MR) is 64.0 cm³/mol. The van der Waals surface area contributed by atoms with Gasteiger partial charge >= 0.3 is 0 Å². The standard InChI is InChI=1S/C11H8Cl2N2O/c1-16-10-8(7-5-3-2-4-6-7)9(12)14-11(13)15-10/h2-6H,1H3. The van der Waals surface area contributed by atoms with Crippen molar-refractivity contribution < 1.29 is 4.74 Å². The highest BCUT2D eigenvalue weighted by Gasteiger charge is 2.14. The van der Waals surface area contributed by atoms with Gasteiger partial charge in [0.05, 0.1) is 12.7 Å². The molecule has 0 unspecified atom stereocenters. The third-order valence-corrected chi connectivity index (χ3v) is 2.50. The number of hydrogen-bond donors (Lipinski definition) is 0. The Hall–Kier alpha value is -1.32. The molecule has 0 N–H and O–H groups in total. The summed E-state index contributed by atoms with van der Waals surface area (Å²) in [5.41, 5.74) is 1.54. The maximum Gasteiger partial charge on any atom is 0.227 e. The second kappa shape index (κ2) is 4.68. The maximum absolute atomic E-state index is 6.03. The van der Waals surface area contributed by atoms with Crippen molar-refractivity contribution in [1.29, 1.82) is 0 Å². The lowest BCUT2D eigenvalue weighted by atomic mass is 10.1. The monoisotopic (exact) mass is 254 g/mol. The summed E-state index contributed by atoms with van der Waals surface area (Å²) in [5.74, 6) is 0.371. The maximum atomic E-state index is 6.03. The van der Waals surface area contributed by atoms with Gasteiger partial charge in [0.25, 0.3) is 0 Å². The van der Waals surface area contributed by atoms with Gasteiger partial charge in [-0.25, -0.2) is 4.98 Å². The predicted octanol–water partition coefficient (Wildman–Crippen LogP) is 3.46. The van der Waals surface area contributed by atoms with E-state index in [1.54, 1.807) is 0 Å². The Morgan fingerprint density at radius 3 is 2.38 bits per heavy atom. The van der Waals surface area contributed by atoms with Gasteiger partial charge in [-0.2, -0.15) is 4.98 Å². The molecule has 0 fully saturated rings. The molecule has 3 nitrogen and oxygen atoms in total. The molecule has 1 aromatic carbocycles. The van der Waals surface area contributed by atoms with Crippen molar-refractivity contribution in [3.8, 4) is 17.0 Å². The van der Waals surface area contributed by atoms with Gasteiger partial charge in [0.1, 0.15) is 5.15 Å². The zero-order valence-corrected chi connectivity index (χ0v) is 9.96. The number of aromatic nitrogens is 2. The van der Waals surface area contributed by atoms with E-state index in [-0.39, 0.29) is 10.4 Å². The number of halogens is 2. The quantitative estimate of drug-likeness (QED) is 0.608. The van der Waals surface area contributed by atoms with Crippen LogP contribution in [0.25, 0.3) is 11.1 Å². The second-order valence-electron chi connectivity index (χ2n) is 3.03. The van der Waals surface area contributed by atoms with Gasteiger partial charge < -0.3 is 4.74 Å². The van der Waals surface area contributed by atoms with Crippen LogP contribution in [0.15, 0.2) is 30.3 Å². The minimum Gasteiger partial charge on any atom is -0.480 e. The van der Waals surface area contributed by atoms with Crippen molar-refractivity contribution in [3.05, 3.63) is 40.8 Å². The first-order chi connectivity index (χ1) is 7.72. The molecule has 0 amide bonds. The summed E-state index contributed by atoms with van der Waals surface area (Å²) in [4.78, 5) is 7.87. The first-order valence-corrected chi connectivity index (χ1v) is 5.30. The summed E-state index contributed by atoms with van der Waals surface area (Å²) >= 11 is 11.7. The van der Waals surface area contributed by atoms with Crippen molar-refractivity contribution in [2.75, 3.05) is 7.11 Å². The molecule has 0 saturated heterocycles. The molecule has 0 aliphatic rings. The van der Waals surface area contributed by atoms with E-state index >= 15 is 0 Å². The molecular formula is C11H8Cl2N2O. The van der Waals surface area contributed by atoms with E-state index in [1.165, 1.54) is 7.11 Å². The highest BCUT2D eigenvalue weighted by atomic mass is 35.5. The third kappa shape index (κ3) is 2.10. The van der Waals surface area contributed by atoms with Gasteiger partial charge in [-0.1, -0.05) is 41.9 Å². The van der Waals surface area contributed by atoms with Crippen LogP contribution < -0.4 is 4.74 Å². The molecule has 1 heterocycles.